The van der Waals surface area contributed by atoms with E-state index in [1.807, 2.05) is 11.8 Å². The van der Waals surface area contributed by atoms with E-state index in [4.69, 9.17) is 11.2 Å². The van der Waals surface area contributed by atoms with Gasteiger partial charge in [0.15, 0.2) is 0 Å². The normalized spacial score (nSPS) is 17.7. The van der Waals surface area contributed by atoms with Crippen LogP contribution in [0.3, 0.4) is 0 Å². The van der Waals surface area contributed by atoms with Crippen molar-refractivity contribution in [3.05, 3.63) is 23.9 Å². The smallest absolute Gasteiger partial charge is 0.252 e. The number of carbonyl (C=O) groups is 1. The fourth-order valence-electron chi connectivity index (χ4n) is 1.71. The summed E-state index contributed by atoms with van der Waals surface area (Å²) in [4.78, 5) is 15.9. The number of ether oxygens (including phenoxy) is 1. The van der Waals surface area contributed by atoms with Crippen molar-refractivity contribution >= 4 is 17.7 Å². The summed E-state index contributed by atoms with van der Waals surface area (Å²) in [5.74, 6) is 5.04. The summed E-state index contributed by atoms with van der Waals surface area (Å²) in [6, 6.07) is 3.45. The lowest BCUT2D eigenvalue weighted by atomic mass is 10.2. The van der Waals surface area contributed by atoms with E-state index in [0.717, 1.165) is 17.9 Å². The van der Waals surface area contributed by atoms with Crippen LogP contribution in [0, 0.1) is 12.3 Å². The summed E-state index contributed by atoms with van der Waals surface area (Å²) in [5, 5.41) is 2.73. The molecule has 1 aromatic heterocycles. The van der Waals surface area contributed by atoms with Crippen molar-refractivity contribution in [1.29, 1.82) is 0 Å². The molecule has 19 heavy (non-hydrogen) atoms. The van der Waals surface area contributed by atoms with Gasteiger partial charge in [0, 0.05) is 31.0 Å². The average molecular weight is 276 g/mol. The summed E-state index contributed by atoms with van der Waals surface area (Å²) in [5.41, 5.74) is 0.519. The predicted octanol–water partition coefficient (Wildman–Crippen LogP) is 1.72. The number of carbonyl (C=O) groups excluding carboxylic acids is 1. The zero-order valence-electron chi connectivity index (χ0n) is 10.6. The molecule has 1 atom stereocenters. The summed E-state index contributed by atoms with van der Waals surface area (Å²) in [6.45, 7) is 0.479. The first kappa shape index (κ1) is 13.8. The molecular formula is C14H16N2O2S. The molecule has 4 nitrogen and oxygen atoms in total. The number of terminal acetylenes is 1. The third-order valence-electron chi connectivity index (χ3n) is 2.73. The van der Waals surface area contributed by atoms with Crippen molar-refractivity contribution in [3.63, 3.8) is 0 Å². The van der Waals surface area contributed by atoms with Crippen LogP contribution in [-0.2, 0) is 0 Å². The van der Waals surface area contributed by atoms with E-state index < -0.39 is 0 Å². The van der Waals surface area contributed by atoms with E-state index in [-0.39, 0.29) is 12.0 Å². The minimum absolute atomic E-state index is 0.161. The Hall–Kier alpha value is -1.67. The highest BCUT2D eigenvalue weighted by Gasteiger charge is 2.17. The summed E-state index contributed by atoms with van der Waals surface area (Å²) >= 11 is 1.89. The molecule has 0 spiro atoms. The molecule has 5 heteroatoms. The van der Waals surface area contributed by atoms with Gasteiger partial charge in [-0.1, -0.05) is 0 Å². The fraction of sp³-hybridized carbons (Fsp3) is 0.429. The number of pyridine rings is 1. The SMILES string of the molecule is C#CCCNC(=O)c1ccc(O[C@@H]2CCSC2)nc1. The lowest BCUT2D eigenvalue weighted by Gasteiger charge is -2.11. The number of hydrogen-bond acceptors (Lipinski definition) is 4. The third kappa shape index (κ3) is 4.18. The van der Waals surface area contributed by atoms with E-state index in [2.05, 4.69) is 16.2 Å². The maximum Gasteiger partial charge on any atom is 0.252 e. The molecule has 1 aliphatic rings. The van der Waals surface area contributed by atoms with E-state index in [1.165, 1.54) is 6.20 Å². The molecule has 2 rings (SSSR count). The van der Waals surface area contributed by atoms with Gasteiger partial charge in [0.05, 0.1) is 5.56 Å². The Kier molecular flexibility index (Phi) is 5.10. The maximum atomic E-state index is 11.7. The van der Waals surface area contributed by atoms with Crippen LogP contribution < -0.4 is 10.1 Å². The number of nitrogens with one attached hydrogen (secondary N) is 1. The Morgan fingerprint density at radius 2 is 2.53 bits per heavy atom. The number of amides is 1. The average Bonchev–Trinajstić information content (AvgIpc) is 2.93. The molecule has 1 N–H and O–H groups in total. The number of nitrogens with zero attached hydrogens (tertiary/aromatic N) is 1. The molecule has 1 aromatic rings. The topological polar surface area (TPSA) is 51.2 Å². The molecule has 0 aromatic carbocycles. The Morgan fingerprint density at radius 1 is 1.63 bits per heavy atom. The highest BCUT2D eigenvalue weighted by atomic mass is 32.2. The highest BCUT2D eigenvalue weighted by Crippen LogP contribution is 2.21. The second-order valence-corrected chi connectivity index (χ2v) is 5.35. The summed E-state index contributed by atoms with van der Waals surface area (Å²) < 4.78 is 5.72. The highest BCUT2D eigenvalue weighted by molar-refractivity contribution is 7.99. The minimum atomic E-state index is -0.161. The second kappa shape index (κ2) is 7.05. The van der Waals surface area contributed by atoms with Crippen LogP contribution in [0.2, 0.25) is 0 Å². The molecule has 2 heterocycles. The molecule has 0 saturated carbocycles. The Labute approximate surface area is 117 Å². The van der Waals surface area contributed by atoms with Gasteiger partial charge in [0.2, 0.25) is 5.88 Å². The van der Waals surface area contributed by atoms with Gasteiger partial charge >= 0.3 is 0 Å². The first-order chi connectivity index (χ1) is 9.29. The van der Waals surface area contributed by atoms with Gasteiger partial charge in [-0.2, -0.15) is 11.8 Å². The molecule has 0 aliphatic carbocycles. The van der Waals surface area contributed by atoms with Crippen molar-refractivity contribution in [1.82, 2.24) is 10.3 Å². The summed E-state index contributed by atoms with van der Waals surface area (Å²) in [7, 11) is 0. The van der Waals surface area contributed by atoms with Crippen LogP contribution in [0.1, 0.15) is 23.2 Å². The molecule has 1 aliphatic heterocycles. The number of rotatable bonds is 5. The van der Waals surface area contributed by atoms with E-state index >= 15 is 0 Å². The zero-order valence-corrected chi connectivity index (χ0v) is 11.4. The number of aromatic nitrogens is 1. The standard InChI is InChI=1S/C14H16N2O2S/c1-2-3-7-15-14(17)11-4-5-13(16-9-11)18-12-6-8-19-10-12/h1,4-5,9,12H,3,6-8,10H2,(H,15,17)/t12-/m1/s1. The van der Waals surface area contributed by atoms with Gasteiger partial charge in [-0.15, -0.1) is 12.3 Å². The van der Waals surface area contributed by atoms with Gasteiger partial charge in [-0.05, 0) is 18.2 Å². The Morgan fingerprint density at radius 3 is 3.16 bits per heavy atom. The van der Waals surface area contributed by atoms with Crippen molar-refractivity contribution in [2.45, 2.75) is 18.9 Å². The quantitative estimate of drug-likeness (QED) is 0.657. The summed E-state index contributed by atoms with van der Waals surface area (Å²) in [6.07, 6.45) is 8.48. The van der Waals surface area contributed by atoms with Crippen molar-refractivity contribution in [3.8, 4) is 18.2 Å². The number of hydrogen-bond donors (Lipinski definition) is 1. The van der Waals surface area contributed by atoms with Gasteiger partial charge in [-0.25, -0.2) is 4.98 Å². The predicted molar refractivity (Wildman–Crippen MR) is 76.4 cm³/mol. The van der Waals surface area contributed by atoms with Gasteiger partial charge in [0.1, 0.15) is 6.10 Å². The minimum Gasteiger partial charge on any atom is -0.473 e. The van der Waals surface area contributed by atoms with Crippen LogP contribution in [0.25, 0.3) is 0 Å². The van der Waals surface area contributed by atoms with Crippen molar-refractivity contribution in [2.75, 3.05) is 18.1 Å². The van der Waals surface area contributed by atoms with E-state index in [9.17, 15) is 4.79 Å². The van der Waals surface area contributed by atoms with Crippen LogP contribution in [0.15, 0.2) is 18.3 Å². The molecule has 0 radical (unpaired) electrons. The fourth-order valence-corrected chi connectivity index (χ4v) is 2.81. The molecule has 0 bridgehead atoms. The van der Waals surface area contributed by atoms with E-state index in [1.54, 1.807) is 12.1 Å². The zero-order chi connectivity index (χ0) is 13.5. The number of thioether (sulfide) groups is 1. The largest absolute Gasteiger partial charge is 0.473 e. The van der Waals surface area contributed by atoms with Gasteiger partial charge in [0.25, 0.3) is 5.91 Å². The van der Waals surface area contributed by atoms with Gasteiger partial charge in [-0.3, -0.25) is 4.79 Å². The lowest BCUT2D eigenvalue weighted by Crippen LogP contribution is -2.24. The molecule has 1 amide bonds. The molecular weight excluding hydrogens is 260 g/mol. The first-order valence-electron chi connectivity index (χ1n) is 6.21. The Balaban J connectivity index is 1.86. The van der Waals surface area contributed by atoms with Crippen molar-refractivity contribution < 1.29 is 9.53 Å². The van der Waals surface area contributed by atoms with Crippen LogP contribution in [0.4, 0.5) is 0 Å². The van der Waals surface area contributed by atoms with Crippen LogP contribution in [0.5, 0.6) is 5.88 Å². The third-order valence-corrected chi connectivity index (χ3v) is 3.86. The van der Waals surface area contributed by atoms with Gasteiger partial charge < -0.3 is 10.1 Å². The molecule has 100 valence electrons. The first-order valence-corrected chi connectivity index (χ1v) is 7.37. The monoisotopic (exact) mass is 276 g/mol. The molecule has 0 unspecified atom stereocenters. The molecule has 1 fully saturated rings. The Bertz CT molecular complexity index is 461. The second-order valence-electron chi connectivity index (χ2n) is 4.20. The molecule has 1 saturated heterocycles. The van der Waals surface area contributed by atoms with E-state index in [0.29, 0.717) is 24.4 Å². The van der Waals surface area contributed by atoms with Crippen LogP contribution in [-0.4, -0.2) is 35.0 Å². The van der Waals surface area contributed by atoms with Crippen molar-refractivity contribution in [2.24, 2.45) is 0 Å². The lowest BCUT2D eigenvalue weighted by molar-refractivity contribution is 0.0954. The maximum absolute atomic E-state index is 11.7. The van der Waals surface area contributed by atoms with Crippen LogP contribution >= 0.6 is 11.8 Å².